The number of benzene rings is 4. The molecule has 4 aromatic carbocycles. The second-order valence-corrected chi connectivity index (χ2v) is 8.36. The molecule has 4 aromatic rings. The van der Waals surface area contributed by atoms with Gasteiger partial charge in [0.15, 0.2) is 0 Å². The van der Waals surface area contributed by atoms with Crippen molar-refractivity contribution in [3.63, 3.8) is 0 Å². The fourth-order valence-corrected chi connectivity index (χ4v) is 3.53. The van der Waals surface area contributed by atoms with Crippen LogP contribution < -0.4 is 20.8 Å². The number of carbonyl (C=O) groups excluding carboxylic acids is 4. The van der Waals surface area contributed by atoms with E-state index in [1.54, 1.807) is 84.9 Å². The van der Waals surface area contributed by atoms with Crippen LogP contribution >= 0.6 is 11.6 Å². The second kappa shape index (κ2) is 12.8. The van der Waals surface area contributed by atoms with E-state index in [2.05, 4.69) is 21.2 Å². The molecular weight excluding hydrogens is 520 g/mol. The maximum atomic E-state index is 12.7. The van der Waals surface area contributed by atoms with Crippen molar-refractivity contribution >= 4 is 52.9 Å². The Labute approximate surface area is 228 Å². The largest absolute Gasteiger partial charge is 0.423 e. The molecule has 0 saturated heterocycles. The molecule has 9 nitrogen and oxygen atoms in total. The average molecular weight is 541 g/mol. The Morgan fingerprint density at radius 3 is 2.05 bits per heavy atom. The van der Waals surface area contributed by atoms with Gasteiger partial charge in [0.2, 0.25) is 0 Å². The lowest BCUT2D eigenvalue weighted by molar-refractivity contribution is -0.136. The Bertz CT molecular complexity index is 1540. The Hall–Kier alpha value is -5.28. The predicted octanol–water partition coefficient (Wildman–Crippen LogP) is 4.90. The lowest BCUT2D eigenvalue weighted by Gasteiger charge is -2.11. The summed E-state index contributed by atoms with van der Waals surface area (Å²) in [6, 6.07) is 28.0. The van der Waals surface area contributed by atoms with Crippen molar-refractivity contribution in [3.05, 3.63) is 125 Å². The van der Waals surface area contributed by atoms with E-state index in [-0.39, 0.29) is 27.6 Å². The molecule has 0 spiro atoms. The number of para-hydroxylation sites is 2. The highest BCUT2D eigenvalue weighted by Gasteiger charge is 2.18. The number of halogens is 1. The zero-order chi connectivity index (χ0) is 27.6. The summed E-state index contributed by atoms with van der Waals surface area (Å²) in [5.74, 6) is -2.80. The number of amides is 3. The van der Waals surface area contributed by atoms with Gasteiger partial charge in [0, 0.05) is 5.69 Å². The quantitative estimate of drug-likeness (QED) is 0.101. The Morgan fingerprint density at radius 2 is 1.33 bits per heavy atom. The monoisotopic (exact) mass is 540 g/mol. The van der Waals surface area contributed by atoms with E-state index in [1.807, 2.05) is 6.07 Å². The van der Waals surface area contributed by atoms with Crippen molar-refractivity contribution in [1.29, 1.82) is 0 Å². The van der Waals surface area contributed by atoms with E-state index in [0.717, 1.165) is 0 Å². The van der Waals surface area contributed by atoms with Gasteiger partial charge in [-0.05, 0) is 66.2 Å². The Morgan fingerprint density at radius 1 is 0.692 bits per heavy atom. The summed E-state index contributed by atoms with van der Waals surface area (Å²) in [7, 11) is 0. The highest BCUT2D eigenvalue weighted by molar-refractivity contribution is 6.40. The number of anilines is 2. The van der Waals surface area contributed by atoms with E-state index in [9.17, 15) is 19.2 Å². The van der Waals surface area contributed by atoms with Gasteiger partial charge in [-0.25, -0.2) is 10.2 Å². The lowest BCUT2D eigenvalue weighted by Crippen LogP contribution is -2.33. The molecule has 0 aromatic heterocycles. The van der Waals surface area contributed by atoms with Crippen LogP contribution in [-0.2, 0) is 9.59 Å². The fraction of sp³-hybridized carbons (Fsp3) is 0. The predicted molar refractivity (Wildman–Crippen MR) is 148 cm³/mol. The molecule has 3 amide bonds. The number of carbonyl (C=O) groups is 4. The van der Waals surface area contributed by atoms with Crippen LogP contribution in [0.5, 0.6) is 5.75 Å². The van der Waals surface area contributed by atoms with Crippen LogP contribution in [-0.4, -0.2) is 29.9 Å². The summed E-state index contributed by atoms with van der Waals surface area (Å²) in [6.07, 6.45) is 1.31. The van der Waals surface area contributed by atoms with E-state index >= 15 is 0 Å². The average Bonchev–Trinajstić information content (AvgIpc) is 2.95. The third-order valence-corrected chi connectivity index (χ3v) is 5.55. The van der Waals surface area contributed by atoms with Gasteiger partial charge < -0.3 is 15.4 Å². The number of ether oxygens (including phenoxy) is 1. The van der Waals surface area contributed by atoms with E-state index in [0.29, 0.717) is 11.3 Å². The normalized spacial score (nSPS) is 10.5. The minimum atomic E-state index is -1.03. The first-order valence-electron chi connectivity index (χ1n) is 11.6. The lowest BCUT2D eigenvalue weighted by atomic mass is 10.1. The van der Waals surface area contributed by atoms with Gasteiger partial charge in [-0.15, -0.1) is 0 Å². The van der Waals surface area contributed by atoms with Crippen molar-refractivity contribution in [2.24, 2.45) is 5.10 Å². The number of hydrogen-bond donors (Lipinski definition) is 3. The molecular formula is C29H21ClN4O5. The molecule has 0 saturated carbocycles. The smallest absolute Gasteiger partial charge is 0.345 e. The number of hydrogen-bond acceptors (Lipinski definition) is 6. The van der Waals surface area contributed by atoms with Gasteiger partial charge in [-0.2, -0.15) is 5.10 Å². The molecule has 0 bridgehead atoms. The first-order chi connectivity index (χ1) is 18.9. The summed E-state index contributed by atoms with van der Waals surface area (Å²) < 4.78 is 5.31. The van der Waals surface area contributed by atoms with Crippen LogP contribution in [0.1, 0.15) is 26.3 Å². The zero-order valence-electron chi connectivity index (χ0n) is 20.3. The molecule has 10 heteroatoms. The van der Waals surface area contributed by atoms with Crippen LogP contribution in [0.4, 0.5) is 11.4 Å². The SMILES string of the molecule is O=C(N/N=C\c1ccc(OC(=O)c2ccccc2Cl)cc1)C(=O)Nc1ccccc1C(=O)Nc1ccccc1. The summed E-state index contributed by atoms with van der Waals surface area (Å²) in [4.78, 5) is 49.6. The van der Waals surface area contributed by atoms with Gasteiger partial charge in [0.05, 0.1) is 28.1 Å². The highest BCUT2D eigenvalue weighted by Crippen LogP contribution is 2.19. The van der Waals surface area contributed by atoms with Gasteiger partial charge in [-0.3, -0.25) is 14.4 Å². The topological polar surface area (TPSA) is 126 Å². The van der Waals surface area contributed by atoms with Crippen molar-refractivity contribution < 1.29 is 23.9 Å². The zero-order valence-corrected chi connectivity index (χ0v) is 21.0. The molecule has 0 fully saturated rings. The van der Waals surface area contributed by atoms with E-state index in [4.69, 9.17) is 16.3 Å². The Balaban J connectivity index is 1.31. The minimum absolute atomic E-state index is 0.164. The van der Waals surface area contributed by atoms with Crippen LogP contribution in [0.15, 0.2) is 108 Å². The highest BCUT2D eigenvalue weighted by atomic mass is 35.5. The summed E-state index contributed by atoms with van der Waals surface area (Å²) in [5.41, 5.74) is 3.87. The molecule has 0 radical (unpaired) electrons. The standard InChI is InChI=1S/C29H21ClN4O5/c30-24-12-6-4-10-22(24)29(38)39-21-16-14-19(15-17-21)18-31-34-28(37)27(36)33-25-13-7-5-11-23(25)26(35)32-20-8-2-1-3-9-20/h1-18H,(H,32,35)(H,33,36)(H,34,37)/b31-18-. The molecule has 0 aliphatic heterocycles. The first-order valence-corrected chi connectivity index (χ1v) is 11.9. The molecule has 194 valence electrons. The summed E-state index contributed by atoms with van der Waals surface area (Å²) in [6.45, 7) is 0. The molecule has 39 heavy (non-hydrogen) atoms. The molecule has 3 N–H and O–H groups in total. The fourth-order valence-electron chi connectivity index (χ4n) is 3.32. The molecule has 0 aliphatic carbocycles. The van der Waals surface area contributed by atoms with Crippen molar-refractivity contribution in [2.75, 3.05) is 10.6 Å². The van der Waals surface area contributed by atoms with Gasteiger partial charge >= 0.3 is 17.8 Å². The Kier molecular flexibility index (Phi) is 8.79. The number of hydrazone groups is 1. The first kappa shape index (κ1) is 26.8. The van der Waals surface area contributed by atoms with E-state index in [1.165, 1.54) is 18.3 Å². The maximum Gasteiger partial charge on any atom is 0.345 e. The number of nitrogens with one attached hydrogen (secondary N) is 3. The van der Waals surface area contributed by atoms with Gasteiger partial charge in [0.1, 0.15) is 5.75 Å². The van der Waals surface area contributed by atoms with Crippen LogP contribution in [0.2, 0.25) is 5.02 Å². The minimum Gasteiger partial charge on any atom is -0.423 e. The molecule has 0 heterocycles. The molecule has 4 rings (SSSR count). The molecule has 0 unspecified atom stereocenters. The third-order valence-electron chi connectivity index (χ3n) is 5.22. The number of nitrogens with zero attached hydrogens (tertiary/aromatic N) is 1. The van der Waals surface area contributed by atoms with Crippen LogP contribution in [0, 0.1) is 0 Å². The molecule has 0 aliphatic rings. The summed E-state index contributed by atoms with van der Waals surface area (Å²) in [5, 5.41) is 9.22. The van der Waals surface area contributed by atoms with Crippen molar-refractivity contribution in [1.82, 2.24) is 5.43 Å². The maximum absolute atomic E-state index is 12.7. The number of esters is 1. The van der Waals surface area contributed by atoms with Crippen LogP contribution in [0.3, 0.4) is 0 Å². The van der Waals surface area contributed by atoms with Gasteiger partial charge in [-0.1, -0.05) is 54.1 Å². The van der Waals surface area contributed by atoms with Gasteiger partial charge in [0.25, 0.3) is 5.91 Å². The van der Waals surface area contributed by atoms with Crippen LogP contribution in [0.25, 0.3) is 0 Å². The van der Waals surface area contributed by atoms with Crippen molar-refractivity contribution in [3.8, 4) is 5.75 Å². The second-order valence-electron chi connectivity index (χ2n) is 7.96. The van der Waals surface area contributed by atoms with E-state index < -0.39 is 23.7 Å². The summed E-state index contributed by atoms with van der Waals surface area (Å²) >= 11 is 6.01. The van der Waals surface area contributed by atoms with Crippen molar-refractivity contribution in [2.45, 2.75) is 0 Å². The number of rotatable bonds is 7. The third kappa shape index (κ3) is 7.37. The molecule has 0 atom stereocenters.